The van der Waals surface area contributed by atoms with Gasteiger partial charge in [0, 0.05) is 17.1 Å². The number of rotatable bonds is 8. The summed E-state index contributed by atoms with van der Waals surface area (Å²) >= 11 is 6.17. The van der Waals surface area contributed by atoms with Crippen LogP contribution < -0.4 is 10.0 Å². The van der Waals surface area contributed by atoms with Gasteiger partial charge in [0.1, 0.15) is 0 Å². The van der Waals surface area contributed by atoms with Crippen molar-refractivity contribution in [1.29, 1.82) is 0 Å². The third kappa shape index (κ3) is 5.61. The number of amides is 1. The van der Waals surface area contributed by atoms with Gasteiger partial charge in [-0.3, -0.25) is 9.69 Å². The van der Waals surface area contributed by atoms with Crippen LogP contribution in [0, 0.1) is 12.3 Å². The van der Waals surface area contributed by atoms with Gasteiger partial charge in [0.15, 0.2) is 0 Å². The zero-order valence-electron chi connectivity index (χ0n) is 16.5. The number of nitrogens with one attached hydrogen (secondary N) is 2. The lowest BCUT2D eigenvalue weighted by molar-refractivity contribution is 0.0938. The Hall–Kier alpha value is -2.37. The predicted molar refractivity (Wildman–Crippen MR) is 118 cm³/mol. The van der Waals surface area contributed by atoms with E-state index in [9.17, 15) is 13.2 Å². The van der Waals surface area contributed by atoms with E-state index in [1.807, 2.05) is 24.3 Å². The Morgan fingerprint density at radius 2 is 1.87 bits per heavy atom. The van der Waals surface area contributed by atoms with Crippen molar-refractivity contribution in [1.82, 2.24) is 14.9 Å². The van der Waals surface area contributed by atoms with Gasteiger partial charge in [-0.15, -0.1) is 6.42 Å². The van der Waals surface area contributed by atoms with Crippen LogP contribution in [0.2, 0.25) is 5.02 Å². The summed E-state index contributed by atoms with van der Waals surface area (Å²) in [5.41, 5.74) is 1.45. The van der Waals surface area contributed by atoms with Crippen molar-refractivity contribution < 1.29 is 13.2 Å². The molecule has 1 saturated heterocycles. The Bertz CT molecular complexity index is 1030. The monoisotopic (exact) mass is 445 g/mol. The highest BCUT2D eigenvalue weighted by molar-refractivity contribution is 7.89. The van der Waals surface area contributed by atoms with E-state index in [1.165, 1.54) is 24.3 Å². The summed E-state index contributed by atoms with van der Waals surface area (Å²) in [5, 5.41) is 3.64. The molecular weight excluding hydrogens is 422 g/mol. The Balaban J connectivity index is 1.69. The summed E-state index contributed by atoms with van der Waals surface area (Å²) in [6.45, 7) is 2.30. The van der Waals surface area contributed by atoms with Crippen LogP contribution in [0.25, 0.3) is 0 Å². The quantitative estimate of drug-likeness (QED) is 0.612. The maximum absolute atomic E-state index is 12.6. The summed E-state index contributed by atoms with van der Waals surface area (Å²) in [7, 11) is -3.69. The summed E-state index contributed by atoms with van der Waals surface area (Å²) < 4.78 is 26.5. The molecule has 1 aliphatic heterocycles. The maximum Gasteiger partial charge on any atom is 0.251 e. The number of nitrogens with zero attached hydrogens (tertiary/aromatic N) is 1. The van der Waals surface area contributed by atoms with Gasteiger partial charge in [0.2, 0.25) is 10.0 Å². The number of halogens is 1. The van der Waals surface area contributed by atoms with E-state index in [0.717, 1.165) is 31.5 Å². The van der Waals surface area contributed by atoms with Gasteiger partial charge in [-0.1, -0.05) is 29.7 Å². The molecule has 6 nitrogen and oxygen atoms in total. The Morgan fingerprint density at radius 3 is 2.50 bits per heavy atom. The van der Waals surface area contributed by atoms with Crippen LogP contribution >= 0.6 is 11.6 Å². The summed E-state index contributed by atoms with van der Waals surface area (Å²) in [4.78, 5) is 15.1. The van der Waals surface area contributed by atoms with Gasteiger partial charge in [0.25, 0.3) is 5.91 Å². The Morgan fingerprint density at radius 1 is 1.17 bits per heavy atom. The van der Waals surface area contributed by atoms with E-state index >= 15 is 0 Å². The number of carbonyl (C=O) groups is 1. The number of sulfonamides is 1. The van der Waals surface area contributed by atoms with Crippen LogP contribution in [-0.2, 0) is 10.0 Å². The molecular formula is C22H24ClN3O3S. The summed E-state index contributed by atoms with van der Waals surface area (Å²) in [5.74, 6) is 1.96. The number of hydrogen-bond donors (Lipinski definition) is 2. The number of carbonyl (C=O) groups excluding carboxylic acids is 1. The Labute approximate surface area is 182 Å². The predicted octanol–water partition coefficient (Wildman–Crippen LogP) is 2.82. The smallest absolute Gasteiger partial charge is 0.251 e. The van der Waals surface area contributed by atoms with Crippen molar-refractivity contribution in [3.8, 4) is 12.3 Å². The van der Waals surface area contributed by atoms with Gasteiger partial charge in [-0.2, -0.15) is 4.72 Å². The molecule has 0 aromatic heterocycles. The number of hydrogen-bond acceptors (Lipinski definition) is 4. The molecule has 1 fully saturated rings. The molecule has 1 atom stereocenters. The number of benzene rings is 2. The highest BCUT2D eigenvalue weighted by Crippen LogP contribution is 2.26. The highest BCUT2D eigenvalue weighted by atomic mass is 35.5. The zero-order valence-corrected chi connectivity index (χ0v) is 18.0. The largest absolute Gasteiger partial charge is 0.350 e. The standard InChI is InChI=1S/C22H24ClN3O3S/c1-2-12-25-30(28,29)20-10-8-17(9-11-20)22(27)24-16-21(26-13-3-4-14-26)18-6-5-7-19(23)15-18/h1,5-11,15,21,25H,3-4,12-14,16H2,(H,24,27). The first-order valence-electron chi connectivity index (χ1n) is 9.71. The SMILES string of the molecule is C#CCNS(=O)(=O)c1ccc(C(=O)NCC(c2cccc(Cl)c2)N2CCCC2)cc1. The lowest BCUT2D eigenvalue weighted by Crippen LogP contribution is -2.36. The molecule has 1 amide bonds. The van der Waals surface area contributed by atoms with E-state index < -0.39 is 10.0 Å². The van der Waals surface area contributed by atoms with E-state index in [0.29, 0.717) is 17.1 Å². The lowest BCUT2D eigenvalue weighted by Gasteiger charge is -2.28. The van der Waals surface area contributed by atoms with E-state index in [1.54, 1.807) is 0 Å². The minimum atomic E-state index is -3.69. The highest BCUT2D eigenvalue weighted by Gasteiger charge is 2.24. The fourth-order valence-electron chi connectivity index (χ4n) is 3.52. The van der Waals surface area contributed by atoms with Crippen molar-refractivity contribution in [2.24, 2.45) is 0 Å². The molecule has 0 bridgehead atoms. The number of likely N-dealkylation sites (tertiary alicyclic amines) is 1. The average Bonchev–Trinajstić information content (AvgIpc) is 3.27. The molecule has 0 saturated carbocycles. The van der Waals surface area contributed by atoms with Crippen LogP contribution in [0.1, 0.15) is 34.8 Å². The van der Waals surface area contributed by atoms with Crippen molar-refractivity contribution in [2.75, 3.05) is 26.2 Å². The molecule has 0 aliphatic carbocycles. The average molecular weight is 446 g/mol. The topological polar surface area (TPSA) is 78.5 Å². The lowest BCUT2D eigenvalue weighted by atomic mass is 10.1. The first-order chi connectivity index (χ1) is 14.4. The van der Waals surface area contributed by atoms with E-state index in [4.69, 9.17) is 18.0 Å². The summed E-state index contributed by atoms with van der Waals surface area (Å²) in [6.07, 6.45) is 7.36. The van der Waals surface area contributed by atoms with Crippen LogP contribution in [-0.4, -0.2) is 45.4 Å². The molecule has 0 spiro atoms. The van der Waals surface area contributed by atoms with Crippen LogP contribution in [0.5, 0.6) is 0 Å². The molecule has 2 aromatic rings. The molecule has 30 heavy (non-hydrogen) atoms. The maximum atomic E-state index is 12.6. The van der Waals surface area contributed by atoms with E-state index in [2.05, 4.69) is 20.9 Å². The Kier molecular flexibility index (Phi) is 7.51. The molecule has 158 valence electrons. The number of terminal acetylenes is 1. The van der Waals surface area contributed by atoms with Crippen molar-refractivity contribution >= 4 is 27.5 Å². The fraction of sp³-hybridized carbons (Fsp3) is 0.318. The molecule has 0 radical (unpaired) electrons. The molecule has 2 N–H and O–H groups in total. The normalized spacial score (nSPS) is 15.5. The molecule has 1 aliphatic rings. The first-order valence-corrected chi connectivity index (χ1v) is 11.6. The van der Waals surface area contributed by atoms with Gasteiger partial charge in [-0.05, 0) is 67.9 Å². The van der Waals surface area contributed by atoms with Crippen molar-refractivity contribution in [3.05, 3.63) is 64.7 Å². The molecule has 8 heteroatoms. The van der Waals surface area contributed by atoms with Crippen LogP contribution in [0.15, 0.2) is 53.4 Å². The molecule has 1 heterocycles. The van der Waals surface area contributed by atoms with Crippen molar-refractivity contribution in [2.45, 2.75) is 23.8 Å². The summed E-state index contributed by atoms with van der Waals surface area (Å²) in [6, 6.07) is 13.5. The van der Waals surface area contributed by atoms with Crippen LogP contribution in [0.4, 0.5) is 0 Å². The van der Waals surface area contributed by atoms with Gasteiger partial charge in [0.05, 0.1) is 17.5 Å². The van der Waals surface area contributed by atoms with Crippen LogP contribution in [0.3, 0.4) is 0 Å². The van der Waals surface area contributed by atoms with Gasteiger partial charge in [-0.25, -0.2) is 8.42 Å². The molecule has 3 rings (SSSR count). The first kappa shape index (κ1) is 22.3. The second-order valence-electron chi connectivity index (χ2n) is 7.08. The fourth-order valence-corrected chi connectivity index (χ4v) is 4.65. The minimum absolute atomic E-state index is 0.0303. The second-order valence-corrected chi connectivity index (χ2v) is 9.28. The molecule has 1 unspecified atom stereocenters. The van der Waals surface area contributed by atoms with E-state index in [-0.39, 0.29) is 23.4 Å². The zero-order chi connectivity index (χ0) is 21.6. The third-order valence-corrected chi connectivity index (χ3v) is 6.71. The van der Waals surface area contributed by atoms with Crippen molar-refractivity contribution in [3.63, 3.8) is 0 Å². The second kappa shape index (κ2) is 10.1. The molecule has 2 aromatic carbocycles. The third-order valence-electron chi connectivity index (χ3n) is 5.06. The van der Waals surface area contributed by atoms with Gasteiger partial charge < -0.3 is 5.32 Å². The minimum Gasteiger partial charge on any atom is -0.350 e. The van der Waals surface area contributed by atoms with Gasteiger partial charge >= 0.3 is 0 Å².